The van der Waals surface area contributed by atoms with E-state index >= 15 is 0 Å². The van der Waals surface area contributed by atoms with Gasteiger partial charge in [-0.25, -0.2) is 4.98 Å². The smallest absolute Gasteiger partial charge is 0.216 e. The molecule has 1 heterocycles. The predicted molar refractivity (Wildman–Crippen MR) is 59.7 cm³/mol. The van der Waals surface area contributed by atoms with Crippen LogP contribution in [0.15, 0.2) is 12.4 Å². The van der Waals surface area contributed by atoms with Crippen molar-refractivity contribution >= 4 is 11.9 Å². The second-order valence-electron chi connectivity index (χ2n) is 3.73. The quantitative estimate of drug-likeness (QED) is 0.757. The molecule has 0 radical (unpaired) electrons. The van der Waals surface area contributed by atoms with E-state index in [-0.39, 0.29) is 5.91 Å². The molecule has 0 aromatic carbocycles. The zero-order valence-electron chi connectivity index (χ0n) is 9.45. The predicted octanol–water partition coefficient (Wildman–Crippen LogP) is 0.839. The number of anilines is 1. The van der Waals surface area contributed by atoms with Crippen molar-refractivity contribution in [3.63, 3.8) is 0 Å². The Balaban J connectivity index is 2.46. The number of carbonyl (C=O) groups is 1. The summed E-state index contributed by atoms with van der Waals surface area (Å²) in [6.07, 6.45) is 3.64. The molecule has 0 aliphatic heterocycles. The summed E-state index contributed by atoms with van der Waals surface area (Å²) in [4.78, 5) is 14.9. The highest BCUT2D eigenvalue weighted by atomic mass is 16.1. The van der Waals surface area contributed by atoms with Crippen LogP contribution in [0, 0.1) is 0 Å². The molecule has 0 unspecified atom stereocenters. The van der Waals surface area contributed by atoms with Crippen molar-refractivity contribution in [2.45, 2.75) is 33.4 Å². The third kappa shape index (κ3) is 4.01. The third-order valence-corrected chi connectivity index (χ3v) is 1.86. The molecule has 1 amide bonds. The lowest BCUT2D eigenvalue weighted by Crippen LogP contribution is -2.25. The molecule has 0 fully saturated rings. The van der Waals surface area contributed by atoms with Crippen LogP contribution in [0.25, 0.3) is 0 Å². The van der Waals surface area contributed by atoms with E-state index in [2.05, 4.69) is 29.5 Å². The summed E-state index contributed by atoms with van der Waals surface area (Å²) < 4.78 is 1.98. The Labute approximate surface area is 89.9 Å². The van der Waals surface area contributed by atoms with Gasteiger partial charge in [-0.05, 0) is 13.8 Å². The van der Waals surface area contributed by atoms with Crippen molar-refractivity contribution in [3.8, 4) is 0 Å². The van der Waals surface area contributed by atoms with Crippen molar-refractivity contribution in [2.24, 2.45) is 0 Å². The lowest BCUT2D eigenvalue weighted by atomic mass is 10.4. The van der Waals surface area contributed by atoms with Crippen molar-refractivity contribution in [2.75, 3.05) is 11.9 Å². The maximum absolute atomic E-state index is 10.7. The number of nitrogens with one attached hydrogen (secondary N) is 2. The van der Waals surface area contributed by atoms with Gasteiger partial charge >= 0.3 is 0 Å². The minimum atomic E-state index is -0.00603. The molecule has 0 spiro atoms. The molecule has 1 aromatic heterocycles. The first kappa shape index (κ1) is 11.6. The van der Waals surface area contributed by atoms with E-state index in [4.69, 9.17) is 0 Å². The van der Waals surface area contributed by atoms with E-state index < -0.39 is 0 Å². The largest absolute Gasteiger partial charge is 0.355 e. The third-order valence-electron chi connectivity index (χ3n) is 1.86. The van der Waals surface area contributed by atoms with Gasteiger partial charge in [-0.1, -0.05) is 0 Å². The first-order valence-corrected chi connectivity index (χ1v) is 5.11. The minimum absolute atomic E-state index is 0.00603. The molecule has 5 nitrogen and oxygen atoms in total. The molecular formula is C10H18N4O. The maximum Gasteiger partial charge on any atom is 0.216 e. The molecule has 1 rings (SSSR count). The van der Waals surface area contributed by atoms with Crippen molar-refractivity contribution < 1.29 is 4.79 Å². The molecule has 0 aliphatic rings. The lowest BCUT2D eigenvalue weighted by molar-refractivity contribution is -0.118. The average molecular weight is 210 g/mol. The van der Waals surface area contributed by atoms with Gasteiger partial charge in [-0.15, -0.1) is 0 Å². The topological polar surface area (TPSA) is 59.0 Å². The van der Waals surface area contributed by atoms with Crippen LogP contribution in [0.2, 0.25) is 0 Å². The van der Waals surface area contributed by atoms with Crippen molar-refractivity contribution in [1.82, 2.24) is 14.9 Å². The molecule has 2 N–H and O–H groups in total. The van der Waals surface area contributed by atoms with Crippen LogP contribution in [0.3, 0.4) is 0 Å². The van der Waals surface area contributed by atoms with Gasteiger partial charge in [0.1, 0.15) is 0 Å². The minimum Gasteiger partial charge on any atom is -0.355 e. The second kappa shape index (κ2) is 5.38. The van der Waals surface area contributed by atoms with Gasteiger partial charge in [0.2, 0.25) is 11.9 Å². The number of hydrogen-bond donors (Lipinski definition) is 2. The maximum atomic E-state index is 10.7. The summed E-state index contributed by atoms with van der Waals surface area (Å²) in [7, 11) is 0. The highest BCUT2D eigenvalue weighted by molar-refractivity contribution is 5.72. The molecule has 0 saturated carbocycles. The van der Waals surface area contributed by atoms with Crippen LogP contribution < -0.4 is 10.6 Å². The van der Waals surface area contributed by atoms with Crippen LogP contribution in [-0.2, 0) is 11.3 Å². The molecule has 1 aromatic rings. The Hall–Kier alpha value is -1.52. The highest BCUT2D eigenvalue weighted by Gasteiger charge is 2.03. The molecule has 0 saturated heterocycles. The molecule has 0 aliphatic carbocycles. The molecule has 0 atom stereocenters. The van der Waals surface area contributed by atoms with Crippen LogP contribution >= 0.6 is 0 Å². The zero-order valence-corrected chi connectivity index (χ0v) is 9.45. The van der Waals surface area contributed by atoms with E-state index in [1.54, 1.807) is 6.20 Å². The van der Waals surface area contributed by atoms with Gasteiger partial charge in [0.05, 0.1) is 0 Å². The molecule has 15 heavy (non-hydrogen) atoms. The van der Waals surface area contributed by atoms with Gasteiger partial charge in [-0.2, -0.15) is 0 Å². The number of rotatable bonds is 5. The summed E-state index contributed by atoms with van der Waals surface area (Å²) in [6.45, 7) is 6.99. The van der Waals surface area contributed by atoms with E-state index in [0.717, 1.165) is 12.5 Å². The fourth-order valence-electron chi connectivity index (χ4n) is 1.24. The number of carbonyl (C=O) groups excluding carboxylic acids is 1. The van der Waals surface area contributed by atoms with E-state index in [9.17, 15) is 4.79 Å². The highest BCUT2D eigenvalue weighted by Crippen LogP contribution is 2.04. The molecule has 0 bridgehead atoms. The Kier molecular flexibility index (Phi) is 4.15. The number of nitrogens with zero attached hydrogens (tertiary/aromatic N) is 2. The lowest BCUT2D eigenvalue weighted by Gasteiger charge is -2.12. The van der Waals surface area contributed by atoms with E-state index in [1.165, 1.54) is 6.92 Å². The van der Waals surface area contributed by atoms with Crippen LogP contribution in [0.1, 0.15) is 20.8 Å². The normalized spacial score (nSPS) is 10.4. The molecule has 5 heteroatoms. The van der Waals surface area contributed by atoms with Crippen LogP contribution in [0.5, 0.6) is 0 Å². The average Bonchev–Trinajstić information content (AvgIpc) is 2.51. The number of aromatic nitrogens is 2. The monoisotopic (exact) mass is 210 g/mol. The van der Waals surface area contributed by atoms with Crippen LogP contribution in [-0.4, -0.2) is 28.0 Å². The van der Waals surface area contributed by atoms with Crippen molar-refractivity contribution in [3.05, 3.63) is 12.4 Å². The molecule has 84 valence electrons. The standard InChI is InChI=1S/C10H18N4O/c1-8(2)13-10-12-5-7-14(10)6-4-11-9(3)15/h5,7-8H,4,6H2,1-3H3,(H,11,15)(H,12,13). The number of hydrogen-bond acceptors (Lipinski definition) is 3. The summed E-state index contributed by atoms with van der Waals surface area (Å²) in [5.74, 6) is 0.837. The summed E-state index contributed by atoms with van der Waals surface area (Å²) in [6, 6.07) is 0.354. The summed E-state index contributed by atoms with van der Waals surface area (Å²) in [5, 5.41) is 5.98. The van der Waals surface area contributed by atoms with Gasteiger partial charge in [0, 0.05) is 38.4 Å². The van der Waals surface area contributed by atoms with Gasteiger partial charge in [-0.3, -0.25) is 4.79 Å². The van der Waals surface area contributed by atoms with Gasteiger partial charge < -0.3 is 15.2 Å². The van der Waals surface area contributed by atoms with Gasteiger partial charge in [0.25, 0.3) is 0 Å². The fourth-order valence-corrected chi connectivity index (χ4v) is 1.24. The fraction of sp³-hybridized carbons (Fsp3) is 0.600. The second-order valence-corrected chi connectivity index (χ2v) is 3.73. The molecular weight excluding hydrogens is 192 g/mol. The Morgan fingerprint density at radius 2 is 2.33 bits per heavy atom. The number of imidazole rings is 1. The zero-order chi connectivity index (χ0) is 11.3. The first-order valence-electron chi connectivity index (χ1n) is 5.11. The summed E-state index contributed by atoms with van der Waals surface area (Å²) in [5.41, 5.74) is 0. The SMILES string of the molecule is CC(=O)NCCn1ccnc1NC(C)C. The first-order chi connectivity index (χ1) is 7.09. The van der Waals surface area contributed by atoms with Gasteiger partial charge in [0.15, 0.2) is 0 Å². The Morgan fingerprint density at radius 1 is 1.60 bits per heavy atom. The van der Waals surface area contributed by atoms with E-state index in [0.29, 0.717) is 12.6 Å². The van der Waals surface area contributed by atoms with Crippen LogP contribution in [0.4, 0.5) is 5.95 Å². The Morgan fingerprint density at radius 3 is 2.93 bits per heavy atom. The number of amides is 1. The van der Waals surface area contributed by atoms with E-state index in [1.807, 2.05) is 10.8 Å². The van der Waals surface area contributed by atoms with Crippen molar-refractivity contribution in [1.29, 1.82) is 0 Å². The summed E-state index contributed by atoms with van der Waals surface area (Å²) >= 11 is 0. The Bertz CT molecular complexity index is 319.